The van der Waals surface area contributed by atoms with Gasteiger partial charge in [-0.15, -0.1) is 0 Å². The molecule has 13 nitrogen and oxygen atoms in total. The molecule has 15 heteroatoms. The van der Waals surface area contributed by atoms with Crippen LogP contribution in [-0.2, 0) is 29.1 Å². The van der Waals surface area contributed by atoms with Crippen LogP contribution < -0.4 is 26.8 Å². The third-order valence-corrected chi connectivity index (χ3v) is 7.59. The van der Waals surface area contributed by atoms with Crippen molar-refractivity contribution < 1.29 is 37.4 Å². The summed E-state index contributed by atoms with van der Waals surface area (Å²) in [7, 11) is -4.35. The zero-order valence-corrected chi connectivity index (χ0v) is 22.3. The Bertz CT molecular complexity index is 1230. The number of hydrogen-bond donors (Lipinski definition) is 4. The number of esters is 1. The van der Waals surface area contributed by atoms with Crippen LogP contribution in [-0.4, -0.2) is 63.8 Å². The predicted octanol–water partition coefficient (Wildman–Crippen LogP) is 1.06. The maximum Gasteiger partial charge on any atom is 0.459 e. The number of nitrogens with two attached hydrogens (primary N) is 2. The number of nitrogen functional groups attached to an aromatic ring is 1. The van der Waals surface area contributed by atoms with Crippen LogP contribution in [0.25, 0.3) is 0 Å². The molecule has 1 aliphatic heterocycles. The highest BCUT2D eigenvalue weighted by Gasteiger charge is 2.65. The van der Waals surface area contributed by atoms with E-state index in [2.05, 4.69) is 10.1 Å². The van der Waals surface area contributed by atoms with Gasteiger partial charge in [-0.25, -0.2) is 13.8 Å². The molecule has 1 fully saturated rings. The summed E-state index contributed by atoms with van der Waals surface area (Å²) in [5, 5.41) is 13.3. The van der Waals surface area contributed by atoms with Gasteiger partial charge in [0.15, 0.2) is 11.4 Å². The van der Waals surface area contributed by atoms with E-state index in [-0.39, 0.29) is 11.6 Å². The fourth-order valence-corrected chi connectivity index (χ4v) is 5.47. The number of carbonyl (C=O) groups is 1. The van der Waals surface area contributed by atoms with Gasteiger partial charge in [-0.05, 0) is 45.9 Å². The molecule has 1 aromatic heterocycles. The van der Waals surface area contributed by atoms with E-state index in [1.54, 1.807) is 32.0 Å². The molecule has 210 valence electrons. The van der Waals surface area contributed by atoms with E-state index in [1.807, 2.05) is 0 Å². The van der Waals surface area contributed by atoms with Crippen LogP contribution in [0.1, 0.15) is 27.7 Å². The number of ether oxygens (including phenoxy) is 2. The molecular weight excluding hydrogens is 524 g/mol. The number of aromatic nitrogens is 2. The van der Waals surface area contributed by atoms with Crippen LogP contribution in [0.5, 0.6) is 5.75 Å². The van der Waals surface area contributed by atoms with Gasteiger partial charge in [-0.3, -0.25) is 13.9 Å². The maximum atomic E-state index is 16.0. The highest BCUT2D eigenvalue weighted by atomic mass is 31.2. The van der Waals surface area contributed by atoms with Crippen molar-refractivity contribution in [2.45, 2.75) is 63.4 Å². The second-order valence-corrected chi connectivity index (χ2v) is 10.9. The number of halogens is 1. The standard InChI is InChI=1S/C23H33FN5O8P/c1-14(2)35-20(31)15(3)28-38(33,37-16-8-6-5-7-9-16)34-12-17-19(30)22(4,24)23(13-25,36-17)29-11-10-18(26)27-21(29)32/h5-11,14-15,17,19,30H,12-13,25H2,1-4H3,(H,28,33)(H2,26,27,32)/t15-,17-,19-,22-,23-,38+/m1/s1. The summed E-state index contributed by atoms with van der Waals surface area (Å²) in [5.41, 5.74) is 5.62. The molecule has 2 heterocycles. The van der Waals surface area contributed by atoms with E-state index in [4.69, 9.17) is 30.0 Å². The lowest BCUT2D eigenvalue weighted by molar-refractivity contribution is -0.155. The zero-order valence-electron chi connectivity index (χ0n) is 21.4. The van der Waals surface area contributed by atoms with Gasteiger partial charge in [-0.2, -0.15) is 10.1 Å². The van der Waals surface area contributed by atoms with Gasteiger partial charge in [0.2, 0.25) is 0 Å². The molecule has 0 spiro atoms. The van der Waals surface area contributed by atoms with E-state index < -0.39 is 68.3 Å². The maximum absolute atomic E-state index is 16.0. The number of aliphatic hydroxyl groups is 1. The van der Waals surface area contributed by atoms with E-state index >= 15 is 4.39 Å². The van der Waals surface area contributed by atoms with Crippen LogP contribution in [0.4, 0.5) is 10.2 Å². The van der Waals surface area contributed by atoms with Crippen molar-refractivity contribution in [2.24, 2.45) is 5.73 Å². The number of anilines is 1. The molecule has 38 heavy (non-hydrogen) atoms. The first-order valence-corrected chi connectivity index (χ1v) is 13.4. The molecule has 0 saturated carbocycles. The molecule has 0 bridgehead atoms. The molecular formula is C23H33FN5O8P. The predicted molar refractivity (Wildman–Crippen MR) is 135 cm³/mol. The number of para-hydroxylation sites is 1. The Morgan fingerprint density at radius 2 is 1.97 bits per heavy atom. The highest BCUT2D eigenvalue weighted by Crippen LogP contribution is 2.49. The van der Waals surface area contributed by atoms with E-state index in [0.717, 1.165) is 17.7 Å². The molecule has 6 N–H and O–H groups in total. The van der Waals surface area contributed by atoms with Crippen molar-refractivity contribution in [3.05, 3.63) is 53.1 Å². The van der Waals surface area contributed by atoms with Crippen molar-refractivity contribution in [3.8, 4) is 5.75 Å². The molecule has 1 aromatic carbocycles. The molecule has 0 aliphatic carbocycles. The number of alkyl halides is 1. The number of aliphatic hydroxyl groups excluding tert-OH is 1. The molecule has 2 aromatic rings. The molecule has 1 aliphatic rings. The summed E-state index contributed by atoms with van der Waals surface area (Å²) in [6.07, 6.45) is -2.63. The smallest absolute Gasteiger partial charge is 0.459 e. The average Bonchev–Trinajstić information content (AvgIpc) is 3.03. The van der Waals surface area contributed by atoms with Gasteiger partial charge >= 0.3 is 19.4 Å². The number of nitrogens with one attached hydrogen (secondary N) is 1. The fourth-order valence-electron chi connectivity index (χ4n) is 3.97. The normalized spacial score (nSPS) is 27.6. The average molecular weight is 558 g/mol. The van der Waals surface area contributed by atoms with Crippen molar-refractivity contribution in [1.82, 2.24) is 14.6 Å². The number of benzene rings is 1. The molecule has 3 rings (SSSR count). The number of nitrogens with zero attached hydrogens (tertiary/aromatic N) is 2. The molecule has 6 atom stereocenters. The lowest BCUT2D eigenvalue weighted by atomic mass is 9.89. The summed E-state index contributed by atoms with van der Waals surface area (Å²) in [5.74, 6) is -0.675. The van der Waals surface area contributed by atoms with E-state index in [9.17, 15) is 19.3 Å². The zero-order chi connectivity index (χ0) is 28.3. The molecule has 0 radical (unpaired) electrons. The fraction of sp³-hybridized carbons (Fsp3) is 0.522. The number of carbonyl (C=O) groups excluding carboxylic acids is 1. The summed E-state index contributed by atoms with van der Waals surface area (Å²) in [6, 6.07) is 8.10. The van der Waals surface area contributed by atoms with Gasteiger partial charge in [-0.1, -0.05) is 18.2 Å². The summed E-state index contributed by atoms with van der Waals surface area (Å²) >= 11 is 0. The first-order chi connectivity index (χ1) is 17.7. The third kappa shape index (κ3) is 6.06. The lowest BCUT2D eigenvalue weighted by Gasteiger charge is -2.37. The van der Waals surface area contributed by atoms with Crippen molar-refractivity contribution >= 4 is 19.5 Å². The topological polar surface area (TPSA) is 190 Å². The van der Waals surface area contributed by atoms with Crippen LogP contribution >= 0.6 is 7.75 Å². The van der Waals surface area contributed by atoms with E-state index in [0.29, 0.717) is 0 Å². The molecule has 0 unspecified atom stereocenters. The molecule has 0 amide bonds. The van der Waals surface area contributed by atoms with Crippen molar-refractivity contribution in [2.75, 3.05) is 18.9 Å². The van der Waals surface area contributed by atoms with Gasteiger partial charge in [0.1, 0.15) is 29.8 Å². The van der Waals surface area contributed by atoms with Crippen molar-refractivity contribution in [1.29, 1.82) is 0 Å². The van der Waals surface area contributed by atoms with Crippen LogP contribution in [0, 0.1) is 0 Å². The van der Waals surface area contributed by atoms with Crippen LogP contribution in [0.2, 0.25) is 0 Å². The minimum Gasteiger partial charge on any atom is -0.462 e. The first kappa shape index (κ1) is 29.7. The van der Waals surface area contributed by atoms with E-state index in [1.165, 1.54) is 25.1 Å². The Labute approximate surface area is 218 Å². The highest BCUT2D eigenvalue weighted by molar-refractivity contribution is 7.52. The number of rotatable bonds is 11. The first-order valence-electron chi connectivity index (χ1n) is 11.8. The minimum atomic E-state index is -4.35. The Kier molecular flexibility index (Phi) is 8.97. The van der Waals surface area contributed by atoms with Gasteiger partial charge in [0.25, 0.3) is 0 Å². The second-order valence-electron chi connectivity index (χ2n) is 9.20. The summed E-state index contributed by atoms with van der Waals surface area (Å²) in [6.45, 7) is 4.46. The Hall–Kier alpha value is -2.87. The van der Waals surface area contributed by atoms with Gasteiger partial charge in [0, 0.05) is 12.7 Å². The Balaban J connectivity index is 1.87. The number of hydrogen-bond acceptors (Lipinski definition) is 11. The second kappa shape index (κ2) is 11.5. The van der Waals surface area contributed by atoms with Crippen LogP contribution in [0.15, 0.2) is 47.4 Å². The Morgan fingerprint density at radius 3 is 2.55 bits per heavy atom. The summed E-state index contributed by atoms with van der Waals surface area (Å²) in [4.78, 5) is 28.4. The van der Waals surface area contributed by atoms with Gasteiger partial charge in [0.05, 0.1) is 12.7 Å². The quantitative estimate of drug-likeness (QED) is 0.227. The largest absolute Gasteiger partial charge is 0.462 e. The van der Waals surface area contributed by atoms with Gasteiger partial charge < -0.3 is 30.6 Å². The van der Waals surface area contributed by atoms with Crippen molar-refractivity contribution in [3.63, 3.8) is 0 Å². The molecule has 1 saturated heterocycles. The monoisotopic (exact) mass is 557 g/mol. The Morgan fingerprint density at radius 1 is 1.32 bits per heavy atom. The van der Waals surface area contributed by atoms with Crippen LogP contribution in [0.3, 0.4) is 0 Å². The third-order valence-electron chi connectivity index (χ3n) is 5.94. The SMILES string of the molecule is CC(C)OC(=O)[C@@H](C)N[P@](=O)(OC[C@H]1O[C@@](CN)(n2ccc(N)nc2=O)[C@](C)(F)[C@@H]1O)Oc1ccccc1. The summed E-state index contributed by atoms with van der Waals surface area (Å²) < 4.78 is 52.5. The minimum absolute atomic E-state index is 0.104. The lowest BCUT2D eigenvalue weighted by Crippen LogP contribution is -2.59.